The van der Waals surface area contributed by atoms with Crippen molar-refractivity contribution in [3.63, 3.8) is 0 Å². The summed E-state index contributed by atoms with van der Waals surface area (Å²) in [4.78, 5) is 35.1. The second kappa shape index (κ2) is 13.9. The highest BCUT2D eigenvalue weighted by Crippen LogP contribution is 2.45. The van der Waals surface area contributed by atoms with E-state index >= 15 is 0 Å². The number of nitriles is 1. The number of hydrogen-bond donors (Lipinski definition) is 1. The molecule has 250 valence electrons. The third-order valence-corrected chi connectivity index (χ3v) is 11.0. The molecule has 2 saturated heterocycles. The molecule has 49 heavy (non-hydrogen) atoms. The molecule has 1 saturated carbocycles. The Bertz CT molecular complexity index is 1980. The van der Waals surface area contributed by atoms with Crippen molar-refractivity contribution in [2.24, 2.45) is 5.41 Å². The number of halogens is 2. The normalized spacial score (nSPS) is 18.4. The molecule has 1 N–H and O–H groups in total. The van der Waals surface area contributed by atoms with Crippen molar-refractivity contribution in [3.05, 3.63) is 87.7 Å². The van der Waals surface area contributed by atoms with Crippen molar-refractivity contribution >= 4 is 34.9 Å². The minimum atomic E-state index is 0.122. The predicted molar refractivity (Wildman–Crippen MR) is 190 cm³/mol. The number of nitrogens with one attached hydrogen (secondary N) is 1. The molecule has 1 amide bonds. The minimum Gasteiger partial charge on any atom is -0.480 e. The highest BCUT2D eigenvalue weighted by molar-refractivity contribution is 6.39. The number of ether oxygens (including phenoxy) is 1. The van der Waals surface area contributed by atoms with Gasteiger partial charge in [-0.2, -0.15) is 5.26 Å². The van der Waals surface area contributed by atoms with Crippen LogP contribution in [0.4, 0.5) is 0 Å². The average Bonchev–Trinajstić information content (AvgIpc) is 3.70. The second-order valence-corrected chi connectivity index (χ2v) is 14.3. The molecule has 0 unspecified atom stereocenters. The Morgan fingerprint density at radius 1 is 1.02 bits per heavy atom. The fourth-order valence-corrected chi connectivity index (χ4v) is 8.34. The van der Waals surface area contributed by atoms with Gasteiger partial charge in [-0.1, -0.05) is 71.7 Å². The number of carbonyl (C=O) groups is 2. The predicted octanol–water partition coefficient (Wildman–Crippen LogP) is 7.82. The number of carbonyl (C=O) groups excluding carboxylic acids is 2. The highest BCUT2D eigenvalue weighted by Gasteiger charge is 2.47. The van der Waals surface area contributed by atoms with Crippen LogP contribution in [0, 0.1) is 16.7 Å². The summed E-state index contributed by atoms with van der Waals surface area (Å²) in [6.07, 6.45) is 7.99. The number of aryl methyl sites for hydroxylation is 1. The molecule has 10 heteroatoms. The van der Waals surface area contributed by atoms with Crippen LogP contribution in [0.3, 0.4) is 0 Å². The number of aromatic nitrogens is 2. The number of Topliss-reactive ketones (excluding diaryl/α,β-unsaturated/α-hetero) is 1. The Labute approximate surface area is 296 Å². The molecule has 2 aliphatic heterocycles. The summed E-state index contributed by atoms with van der Waals surface area (Å²) in [5, 5.41) is 14.1. The van der Waals surface area contributed by atoms with E-state index in [0.29, 0.717) is 70.8 Å². The number of hydrogen-bond acceptors (Lipinski definition) is 7. The van der Waals surface area contributed by atoms with Crippen molar-refractivity contribution in [3.8, 4) is 45.5 Å². The molecule has 0 radical (unpaired) electrons. The molecular formula is C39H37Cl2N5O3. The molecule has 0 bridgehead atoms. The molecule has 1 aliphatic carbocycles. The molecule has 1 spiro atoms. The van der Waals surface area contributed by atoms with Gasteiger partial charge in [-0.25, -0.2) is 4.98 Å². The van der Waals surface area contributed by atoms with Gasteiger partial charge in [0.05, 0.1) is 40.7 Å². The Balaban J connectivity index is 1.10. The maximum atomic E-state index is 11.8. The summed E-state index contributed by atoms with van der Waals surface area (Å²) in [6.45, 7) is 2.50. The topological polar surface area (TPSA) is 108 Å². The van der Waals surface area contributed by atoms with Crippen LogP contribution in [0.1, 0.15) is 61.8 Å². The number of likely N-dealkylation sites (tertiary alicyclic amines) is 1. The number of benzene rings is 3. The zero-order chi connectivity index (χ0) is 34.1. The molecule has 1 atom stereocenters. The van der Waals surface area contributed by atoms with Crippen LogP contribution in [0.2, 0.25) is 10.0 Å². The first kappa shape index (κ1) is 33.2. The van der Waals surface area contributed by atoms with Crippen LogP contribution < -0.4 is 10.1 Å². The molecule has 8 nitrogen and oxygen atoms in total. The van der Waals surface area contributed by atoms with Crippen LogP contribution in [0.15, 0.2) is 60.8 Å². The molecule has 4 aromatic rings. The first-order valence-electron chi connectivity index (χ1n) is 16.8. The lowest BCUT2D eigenvalue weighted by Crippen LogP contribution is -2.54. The van der Waals surface area contributed by atoms with Gasteiger partial charge in [-0.3, -0.25) is 19.5 Å². The number of amides is 1. The van der Waals surface area contributed by atoms with Crippen LogP contribution in [0.5, 0.6) is 5.88 Å². The largest absolute Gasteiger partial charge is 0.480 e. The molecular weight excluding hydrogens is 657 g/mol. The first-order chi connectivity index (χ1) is 23.8. The number of rotatable bonds is 10. The monoisotopic (exact) mass is 693 g/mol. The van der Waals surface area contributed by atoms with E-state index in [0.717, 1.165) is 72.3 Å². The SMILES string of the molecule is COc1nc(-c2cccc(-c3cccc(-c4ccc(CN5CC6(CCC(=O)C6)C5)c(C#N)c4)c3Cl)c2Cl)cnc1CCC[C@@H]1CCC(=O)N1. The van der Waals surface area contributed by atoms with E-state index in [1.54, 1.807) is 13.3 Å². The Hall–Kier alpha value is -4.29. The lowest BCUT2D eigenvalue weighted by atomic mass is 9.78. The third kappa shape index (κ3) is 6.81. The van der Waals surface area contributed by atoms with E-state index in [1.165, 1.54) is 0 Å². The minimum absolute atomic E-state index is 0.122. The maximum absolute atomic E-state index is 11.8. The summed E-state index contributed by atoms with van der Waals surface area (Å²) in [5.74, 6) is 0.946. The zero-order valence-electron chi connectivity index (χ0n) is 27.4. The molecule has 7 rings (SSSR count). The quantitative estimate of drug-likeness (QED) is 0.180. The lowest BCUT2D eigenvalue weighted by Gasteiger charge is -2.48. The number of nitrogens with zero attached hydrogens (tertiary/aromatic N) is 4. The Kier molecular flexibility index (Phi) is 9.43. The summed E-state index contributed by atoms with van der Waals surface area (Å²) >= 11 is 14.2. The van der Waals surface area contributed by atoms with Gasteiger partial charge in [0.1, 0.15) is 11.5 Å². The van der Waals surface area contributed by atoms with E-state index in [4.69, 9.17) is 32.9 Å². The Morgan fingerprint density at radius 2 is 1.76 bits per heavy atom. The van der Waals surface area contributed by atoms with Gasteiger partial charge in [0.25, 0.3) is 0 Å². The average molecular weight is 695 g/mol. The standard InChI is InChI=1S/C39H37Cl2N5O3/c1-49-38-33(10-2-5-27-13-14-35(48)44-27)43-20-34(45-38)32-9-4-8-31(37(32)41)30-7-3-6-29(36(30)40)24-11-12-25(26(17-24)19-42)21-46-22-39(23-46)16-15-28(47)18-39/h3-4,6-9,11-12,17,20,27H,2,5,10,13-16,18,21-23H2,1H3,(H,44,48)/t27-/m1/s1. The van der Waals surface area contributed by atoms with E-state index in [1.807, 2.05) is 54.6 Å². The fraction of sp³-hybridized carbons (Fsp3) is 0.359. The molecule has 3 fully saturated rings. The smallest absolute Gasteiger partial charge is 0.235 e. The first-order valence-corrected chi connectivity index (χ1v) is 17.6. The Morgan fingerprint density at radius 3 is 2.43 bits per heavy atom. The van der Waals surface area contributed by atoms with Gasteiger partial charge in [0.2, 0.25) is 11.8 Å². The van der Waals surface area contributed by atoms with Gasteiger partial charge in [0, 0.05) is 72.6 Å². The lowest BCUT2D eigenvalue weighted by molar-refractivity contribution is -0.120. The molecule has 3 aromatic carbocycles. The third-order valence-electron chi connectivity index (χ3n) is 10.2. The van der Waals surface area contributed by atoms with Crippen molar-refractivity contribution < 1.29 is 14.3 Å². The van der Waals surface area contributed by atoms with E-state index in [2.05, 4.69) is 21.3 Å². The van der Waals surface area contributed by atoms with E-state index in [9.17, 15) is 14.9 Å². The fourth-order valence-electron chi connectivity index (χ4n) is 7.68. The maximum Gasteiger partial charge on any atom is 0.235 e. The number of methoxy groups -OCH3 is 1. The van der Waals surface area contributed by atoms with Crippen molar-refractivity contribution in [2.75, 3.05) is 20.2 Å². The molecule has 3 aliphatic rings. The van der Waals surface area contributed by atoms with Crippen LogP contribution in [0.25, 0.3) is 33.5 Å². The molecule has 3 heterocycles. The highest BCUT2D eigenvalue weighted by atomic mass is 35.5. The van der Waals surface area contributed by atoms with Crippen LogP contribution in [-0.4, -0.2) is 52.8 Å². The van der Waals surface area contributed by atoms with E-state index < -0.39 is 0 Å². The second-order valence-electron chi connectivity index (χ2n) is 13.6. The van der Waals surface area contributed by atoms with Crippen LogP contribution >= 0.6 is 23.2 Å². The zero-order valence-corrected chi connectivity index (χ0v) is 28.9. The molecule has 1 aromatic heterocycles. The van der Waals surface area contributed by atoms with Crippen molar-refractivity contribution in [1.82, 2.24) is 20.2 Å². The van der Waals surface area contributed by atoms with Gasteiger partial charge in [0.15, 0.2) is 0 Å². The number of ketones is 1. The van der Waals surface area contributed by atoms with Crippen molar-refractivity contribution in [2.45, 2.75) is 64.0 Å². The summed E-state index contributed by atoms with van der Waals surface area (Å²) < 4.78 is 5.62. The van der Waals surface area contributed by atoms with Gasteiger partial charge >= 0.3 is 0 Å². The van der Waals surface area contributed by atoms with Gasteiger partial charge < -0.3 is 10.1 Å². The van der Waals surface area contributed by atoms with Crippen LogP contribution in [-0.2, 0) is 22.6 Å². The summed E-state index contributed by atoms with van der Waals surface area (Å²) in [6, 6.07) is 20.1. The summed E-state index contributed by atoms with van der Waals surface area (Å²) in [5.41, 5.74) is 6.96. The van der Waals surface area contributed by atoms with E-state index in [-0.39, 0.29) is 17.4 Å². The summed E-state index contributed by atoms with van der Waals surface area (Å²) in [7, 11) is 1.59. The van der Waals surface area contributed by atoms with Crippen molar-refractivity contribution in [1.29, 1.82) is 5.26 Å². The van der Waals surface area contributed by atoms with Gasteiger partial charge in [-0.15, -0.1) is 0 Å². The van der Waals surface area contributed by atoms with Gasteiger partial charge in [-0.05, 0) is 49.3 Å².